The smallest absolute Gasteiger partial charge is 0.172 e. The molecule has 6 aliphatic rings. The van der Waals surface area contributed by atoms with E-state index in [4.69, 9.17) is 28.4 Å². The lowest BCUT2D eigenvalue weighted by Crippen LogP contribution is -2.65. The zero-order valence-electron chi connectivity index (χ0n) is 28.1. The van der Waals surface area contributed by atoms with Gasteiger partial charge in [-0.1, -0.05) is 34.6 Å². The minimum atomic E-state index is -0.674. The van der Waals surface area contributed by atoms with Crippen molar-refractivity contribution >= 4 is 0 Å². The number of aliphatic hydroxyl groups excluding tert-OH is 2. The molecule has 0 bridgehead atoms. The lowest BCUT2D eigenvalue weighted by atomic mass is 9.42. The summed E-state index contributed by atoms with van der Waals surface area (Å²) in [4.78, 5) is 0. The molecule has 0 amide bonds. The van der Waals surface area contributed by atoms with E-state index >= 15 is 0 Å². The Balaban J connectivity index is 1.27. The van der Waals surface area contributed by atoms with Crippen molar-refractivity contribution in [2.75, 3.05) is 33.7 Å². The average Bonchev–Trinajstić information content (AvgIpc) is 3.63. The second kappa shape index (κ2) is 11.7. The number of rotatable bonds is 9. The van der Waals surface area contributed by atoms with Gasteiger partial charge in [-0.05, 0) is 98.7 Å². The van der Waals surface area contributed by atoms with Gasteiger partial charge in [0, 0.05) is 32.0 Å². The lowest BCUT2D eigenvalue weighted by Gasteiger charge is -2.65. The Morgan fingerprint density at radius 1 is 0.884 bits per heavy atom. The van der Waals surface area contributed by atoms with Gasteiger partial charge in [0.15, 0.2) is 11.6 Å². The van der Waals surface area contributed by atoms with E-state index in [1.807, 2.05) is 13.8 Å². The first-order valence-electron chi connectivity index (χ1n) is 17.3. The van der Waals surface area contributed by atoms with E-state index in [1.54, 1.807) is 7.11 Å². The maximum Gasteiger partial charge on any atom is 0.172 e. The molecule has 8 heteroatoms. The highest BCUT2D eigenvalue weighted by Gasteiger charge is 2.70. The van der Waals surface area contributed by atoms with Crippen molar-refractivity contribution in [1.82, 2.24) is 0 Å². The molecular formula is C35H60O8. The van der Waals surface area contributed by atoms with E-state index in [0.29, 0.717) is 42.8 Å². The predicted molar refractivity (Wildman–Crippen MR) is 162 cm³/mol. The molecule has 1 spiro atoms. The number of fused-ring (bicyclic) bond motifs is 7. The summed E-state index contributed by atoms with van der Waals surface area (Å²) < 4.78 is 37.6. The molecule has 8 nitrogen and oxygen atoms in total. The Morgan fingerprint density at radius 2 is 1.56 bits per heavy atom. The Kier molecular flexibility index (Phi) is 8.90. The third-order valence-corrected chi connectivity index (χ3v) is 13.8. The van der Waals surface area contributed by atoms with Crippen LogP contribution in [0.25, 0.3) is 0 Å². The van der Waals surface area contributed by atoms with Crippen LogP contribution in [-0.2, 0) is 28.4 Å². The van der Waals surface area contributed by atoms with Crippen molar-refractivity contribution in [3.63, 3.8) is 0 Å². The van der Waals surface area contributed by atoms with E-state index in [0.717, 1.165) is 25.7 Å². The van der Waals surface area contributed by atoms with Crippen LogP contribution in [-0.4, -0.2) is 79.9 Å². The molecule has 6 rings (SSSR count). The van der Waals surface area contributed by atoms with Gasteiger partial charge in [-0.3, -0.25) is 0 Å². The summed E-state index contributed by atoms with van der Waals surface area (Å²) in [5.41, 5.74) is 0.183. The Hall–Kier alpha value is -0.320. The van der Waals surface area contributed by atoms with Crippen LogP contribution in [0.4, 0.5) is 0 Å². The van der Waals surface area contributed by atoms with Gasteiger partial charge in [0.05, 0.1) is 37.6 Å². The first-order valence-corrected chi connectivity index (χ1v) is 17.3. The van der Waals surface area contributed by atoms with Gasteiger partial charge in [0.1, 0.15) is 6.79 Å². The molecule has 0 radical (unpaired) electrons. The second-order valence-corrected chi connectivity index (χ2v) is 16.5. The maximum absolute atomic E-state index is 11.9. The predicted octanol–water partition coefficient (Wildman–Crippen LogP) is 5.38. The van der Waals surface area contributed by atoms with E-state index in [2.05, 4.69) is 34.6 Å². The van der Waals surface area contributed by atoms with E-state index in [1.165, 1.54) is 19.3 Å². The first kappa shape index (κ1) is 32.6. The largest absolute Gasteiger partial charge is 0.396 e. The third-order valence-electron chi connectivity index (χ3n) is 13.8. The van der Waals surface area contributed by atoms with Gasteiger partial charge in [0.25, 0.3) is 0 Å². The Labute approximate surface area is 259 Å². The van der Waals surface area contributed by atoms with Crippen LogP contribution in [0.2, 0.25) is 0 Å². The number of hydrogen-bond donors (Lipinski definition) is 2. The average molecular weight is 609 g/mol. The van der Waals surface area contributed by atoms with Crippen LogP contribution in [0.15, 0.2) is 0 Å². The van der Waals surface area contributed by atoms with Crippen molar-refractivity contribution in [3.8, 4) is 0 Å². The first-order chi connectivity index (χ1) is 20.3. The van der Waals surface area contributed by atoms with Gasteiger partial charge >= 0.3 is 0 Å². The van der Waals surface area contributed by atoms with Gasteiger partial charge < -0.3 is 38.6 Å². The van der Waals surface area contributed by atoms with Crippen molar-refractivity contribution in [2.45, 2.75) is 129 Å². The normalized spacial score (nSPS) is 45.7. The third kappa shape index (κ3) is 5.26. The van der Waals surface area contributed by atoms with Crippen molar-refractivity contribution in [1.29, 1.82) is 0 Å². The van der Waals surface area contributed by atoms with Crippen LogP contribution in [0.3, 0.4) is 0 Å². The van der Waals surface area contributed by atoms with Crippen molar-refractivity contribution < 1.29 is 38.6 Å². The van der Waals surface area contributed by atoms with Crippen LogP contribution in [0.1, 0.15) is 93.4 Å². The highest BCUT2D eigenvalue weighted by atomic mass is 16.8. The monoisotopic (exact) mass is 608 g/mol. The second-order valence-electron chi connectivity index (χ2n) is 16.5. The zero-order valence-corrected chi connectivity index (χ0v) is 28.1. The number of methoxy groups -OCH3 is 1. The molecule has 2 N–H and O–H groups in total. The number of hydrogen-bond acceptors (Lipinski definition) is 8. The molecular weight excluding hydrogens is 548 g/mol. The molecule has 4 saturated carbocycles. The molecule has 13 atom stereocenters. The molecule has 0 aromatic heterocycles. The molecule has 2 heterocycles. The topological polar surface area (TPSA) is 95.8 Å². The summed E-state index contributed by atoms with van der Waals surface area (Å²) in [7, 11) is 1.61. The molecule has 0 aromatic rings. The maximum atomic E-state index is 11.9. The van der Waals surface area contributed by atoms with Gasteiger partial charge in [0.2, 0.25) is 0 Å². The quantitative estimate of drug-likeness (QED) is 0.337. The molecule has 248 valence electrons. The van der Waals surface area contributed by atoms with E-state index < -0.39 is 23.8 Å². The SMILES string of the molecule is COCO[C@@H]([C@H](O)[C@@H](C)[C@H]1CC[C@H]2[C@@H]3CC4(OCCO4)[C@H]4C[C@@H]5OC(C)(C)O[C@@H]5C[C@]4(C)[C@H]3CC[C@]12C)[C@@H](CO)C(C)C. The van der Waals surface area contributed by atoms with E-state index in [9.17, 15) is 10.2 Å². The van der Waals surface area contributed by atoms with Crippen LogP contribution >= 0.6 is 0 Å². The molecule has 6 fully saturated rings. The Bertz CT molecular complexity index is 981. The van der Waals surface area contributed by atoms with Gasteiger partial charge in [-0.2, -0.15) is 0 Å². The minimum absolute atomic E-state index is 0.0141. The molecule has 2 aliphatic heterocycles. The highest BCUT2D eigenvalue weighted by molar-refractivity contribution is 5.16. The fourth-order valence-electron chi connectivity index (χ4n) is 11.9. The number of aliphatic hydroxyl groups is 2. The minimum Gasteiger partial charge on any atom is -0.396 e. The zero-order chi connectivity index (χ0) is 30.9. The lowest BCUT2D eigenvalue weighted by molar-refractivity contribution is -0.301. The van der Waals surface area contributed by atoms with E-state index in [-0.39, 0.29) is 54.2 Å². The molecule has 43 heavy (non-hydrogen) atoms. The standard InChI is InChI=1S/C35H60O8/c1-20(2)23(18-36)31(39-19-38-8)30(37)21(3)24-9-10-25-22-16-35(40-13-14-41-35)29-15-27-28(43-32(4,5)42-27)17-34(29,7)26(22)11-12-33(24,25)6/h20-31,36-37H,9-19H2,1-8H3/t21-,22-,23-,24+,25-,26-,27-,28+,29-,30+,31+,33+,34+/m0/s1. The summed E-state index contributed by atoms with van der Waals surface area (Å²) in [6, 6.07) is 0. The fourth-order valence-corrected chi connectivity index (χ4v) is 11.9. The van der Waals surface area contributed by atoms with Crippen molar-refractivity contribution in [2.24, 2.45) is 58.2 Å². The summed E-state index contributed by atoms with van der Waals surface area (Å²) in [6.45, 7) is 17.0. The molecule has 0 aromatic carbocycles. The number of ether oxygens (including phenoxy) is 6. The molecule has 2 saturated heterocycles. The van der Waals surface area contributed by atoms with Gasteiger partial charge in [-0.25, -0.2) is 0 Å². The molecule has 0 unspecified atom stereocenters. The van der Waals surface area contributed by atoms with Crippen LogP contribution in [0.5, 0.6) is 0 Å². The Morgan fingerprint density at radius 3 is 2.21 bits per heavy atom. The highest BCUT2D eigenvalue weighted by Crippen LogP contribution is 2.71. The van der Waals surface area contributed by atoms with Crippen molar-refractivity contribution in [3.05, 3.63) is 0 Å². The summed E-state index contributed by atoms with van der Waals surface area (Å²) in [5.74, 6) is 1.34. The summed E-state index contributed by atoms with van der Waals surface area (Å²) >= 11 is 0. The summed E-state index contributed by atoms with van der Waals surface area (Å²) in [5, 5.41) is 22.1. The molecule has 4 aliphatic carbocycles. The van der Waals surface area contributed by atoms with Gasteiger partial charge in [-0.15, -0.1) is 0 Å². The summed E-state index contributed by atoms with van der Waals surface area (Å²) in [6.07, 6.45) is 6.62. The van der Waals surface area contributed by atoms with Crippen LogP contribution in [0, 0.1) is 58.2 Å². The fraction of sp³-hybridized carbons (Fsp3) is 1.00. The van der Waals surface area contributed by atoms with Crippen LogP contribution < -0.4 is 0 Å².